The highest BCUT2D eigenvalue weighted by Gasteiger charge is 2.19. The fourth-order valence-electron chi connectivity index (χ4n) is 2.37. The van der Waals surface area contributed by atoms with Crippen molar-refractivity contribution in [3.8, 4) is 0 Å². The van der Waals surface area contributed by atoms with Gasteiger partial charge in [0, 0.05) is 18.6 Å². The summed E-state index contributed by atoms with van der Waals surface area (Å²) in [6.07, 6.45) is 5.39. The fourth-order valence-corrected chi connectivity index (χ4v) is 2.37. The van der Waals surface area contributed by atoms with Gasteiger partial charge >= 0.3 is 0 Å². The first kappa shape index (κ1) is 14.5. The molecule has 0 amide bonds. The van der Waals surface area contributed by atoms with Crippen LogP contribution in [0.3, 0.4) is 0 Å². The van der Waals surface area contributed by atoms with Gasteiger partial charge in [-0.3, -0.25) is 4.90 Å². The van der Waals surface area contributed by atoms with Gasteiger partial charge in [-0.25, -0.2) is 0 Å². The molecule has 2 rings (SSSR count). The minimum atomic E-state index is 0.622. The van der Waals surface area contributed by atoms with Crippen LogP contribution in [-0.2, 0) is 6.54 Å². The normalized spacial score (nSPS) is 15.4. The van der Waals surface area contributed by atoms with Crippen LogP contribution in [0.4, 0.5) is 0 Å². The predicted octanol–water partition coefficient (Wildman–Crippen LogP) is 3.43. The molecule has 0 heterocycles. The molecule has 1 aliphatic carbocycles. The molecule has 1 aliphatic rings. The van der Waals surface area contributed by atoms with E-state index in [2.05, 4.69) is 54.4 Å². The van der Waals surface area contributed by atoms with Crippen molar-refractivity contribution in [1.82, 2.24) is 10.2 Å². The maximum absolute atomic E-state index is 3.59. The molecular formula is C17H28N2. The summed E-state index contributed by atoms with van der Waals surface area (Å²) in [5, 5.41) is 3.59. The molecule has 1 saturated carbocycles. The predicted molar refractivity (Wildman–Crippen MR) is 82.2 cm³/mol. The summed E-state index contributed by atoms with van der Waals surface area (Å²) < 4.78 is 0. The van der Waals surface area contributed by atoms with Crippen LogP contribution in [0.1, 0.15) is 45.1 Å². The fraction of sp³-hybridized carbons (Fsp3) is 0.647. The molecule has 0 radical (unpaired) electrons. The second kappa shape index (κ2) is 7.66. The van der Waals surface area contributed by atoms with Crippen LogP contribution in [0, 0.1) is 0 Å². The van der Waals surface area contributed by atoms with Crippen LogP contribution in [-0.4, -0.2) is 30.1 Å². The van der Waals surface area contributed by atoms with Crippen molar-refractivity contribution >= 4 is 0 Å². The largest absolute Gasteiger partial charge is 0.314 e. The van der Waals surface area contributed by atoms with E-state index < -0.39 is 0 Å². The second-order valence-electron chi connectivity index (χ2n) is 5.99. The van der Waals surface area contributed by atoms with Crippen LogP contribution < -0.4 is 5.32 Å². The Bertz CT molecular complexity index is 344. The molecule has 0 aromatic heterocycles. The summed E-state index contributed by atoms with van der Waals surface area (Å²) in [7, 11) is 0. The molecule has 2 nitrogen and oxygen atoms in total. The van der Waals surface area contributed by atoms with Crippen molar-refractivity contribution in [2.24, 2.45) is 0 Å². The Morgan fingerprint density at radius 3 is 2.53 bits per heavy atom. The Hall–Kier alpha value is -0.860. The van der Waals surface area contributed by atoms with E-state index in [-0.39, 0.29) is 0 Å². The number of unbranched alkanes of at least 4 members (excludes halogenated alkanes) is 1. The lowest BCUT2D eigenvalue weighted by atomic mass is 10.1. The molecule has 0 spiro atoms. The Kier molecular flexibility index (Phi) is 5.87. The highest BCUT2D eigenvalue weighted by atomic mass is 15.1. The van der Waals surface area contributed by atoms with Crippen molar-refractivity contribution in [3.63, 3.8) is 0 Å². The van der Waals surface area contributed by atoms with Gasteiger partial charge in [-0.1, -0.05) is 30.3 Å². The van der Waals surface area contributed by atoms with Gasteiger partial charge in [-0.15, -0.1) is 0 Å². The minimum Gasteiger partial charge on any atom is -0.314 e. The first-order chi connectivity index (χ1) is 9.25. The zero-order chi connectivity index (χ0) is 13.5. The third kappa shape index (κ3) is 5.75. The van der Waals surface area contributed by atoms with Gasteiger partial charge in [0.15, 0.2) is 0 Å². The van der Waals surface area contributed by atoms with Crippen molar-refractivity contribution in [2.45, 2.75) is 58.2 Å². The average molecular weight is 260 g/mol. The van der Waals surface area contributed by atoms with Crippen LogP contribution >= 0.6 is 0 Å². The highest BCUT2D eigenvalue weighted by molar-refractivity contribution is 5.14. The molecule has 106 valence electrons. The lowest BCUT2D eigenvalue weighted by Crippen LogP contribution is -2.31. The molecule has 0 saturated heterocycles. The summed E-state index contributed by atoms with van der Waals surface area (Å²) in [5.41, 5.74) is 1.42. The van der Waals surface area contributed by atoms with Gasteiger partial charge in [0.2, 0.25) is 0 Å². The Morgan fingerprint density at radius 2 is 1.89 bits per heavy atom. The van der Waals surface area contributed by atoms with Crippen molar-refractivity contribution in [2.75, 3.05) is 13.1 Å². The zero-order valence-electron chi connectivity index (χ0n) is 12.4. The molecule has 0 bridgehead atoms. The molecule has 1 fully saturated rings. The highest BCUT2D eigenvalue weighted by Crippen LogP contribution is 2.18. The van der Waals surface area contributed by atoms with Gasteiger partial charge in [-0.05, 0) is 58.2 Å². The van der Waals surface area contributed by atoms with Crippen LogP contribution in [0.15, 0.2) is 30.3 Å². The smallest absolute Gasteiger partial charge is 0.0236 e. The minimum absolute atomic E-state index is 0.622. The first-order valence-corrected chi connectivity index (χ1v) is 7.77. The maximum Gasteiger partial charge on any atom is 0.0236 e. The summed E-state index contributed by atoms with van der Waals surface area (Å²) in [6, 6.07) is 12.3. The standard InChI is InChI=1S/C17H28N2/c1-15(2)19(14-16-8-4-3-5-9-16)13-7-6-12-18-17-10-11-17/h3-5,8-9,15,17-18H,6-7,10-14H2,1-2H3. The van der Waals surface area contributed by atoms with Crippen molar-refractivity contribution in [3.05, 3.63) is 35.9 Å². The SMILES string of the molecule is CC(C)N(CCCCNC1CC1)Cc1ccccc1. The zero-order valence-corrected chi connectivity index (χ0v) is 12.4. The monoisotopic (exact) mass is 260 g/mol. The first-order valence-electron chi connectivity index (χ1n) is 7.77. The van der Waals surface area contributed by atoms with E-state index in [1.807, 2.05) is 0 Å². The van der Waals surface area contributed by atoms with E-state index in [0.717, 1.165) is 12.6 Å². The van der Waals surface area contributed by atoms with Crippen LogP contribution in [0.25, 0.3) is 0 Å². The average Bonchev–Trinajstić information content (AvgIpc) is 3.22. The molecule has 0 aliphatic heterocycles. The summed E-state index contributed by atoms with van der Waals surface area (Å²) in [4.78, 5) is 2.58. The van der Waals surface area contributed by atoms with E-state index >= 15 is 0 Å². The number of hydrogen-bond donors (Lipinski definition) is 1. The molecule has 1 N–H and O–H groups in total. The second-order valence-corrected chi connectivity index (χ2v) is 5.99. The third-order valence-electron chi connectivity index (χ3n) is 3.84. The molecular weight excluding hydrogens is 232 g/mol. The Balaban J connectivity index is 1.66. The Labute approximate surface area is 118 Å². The van der Waals surface area contributed by atoms with Gasteiger partial charge in [0.05, 0.1) is 0 Å². The number of benzene rings is 1. The summed E-state index contributed by atoms with van der Waals surface area (Å²) in [5.74, 6) is 0. The van der Waals surface area contributed by atoms with E-state index in [4.69, 9.17) is 0 Å². The third-order valence-corrected chi connectivity index (χ3v) is 3.84. The van der Waals surface area contributed by atoms with Crippen molar-refractivity contribution in [1.29, 1.82) is 0 Å². The number of nitrogens with zero attached hydrogens (tertiary/aromatic N) is 1. The lowest BCUT2D eigenvalue weighted by molar-refractivity contribution is 0.208. The Morgan fingerprint density at radius 1 is 1.16 bits per heavy atom. The molecule has 0 atom stereocenters. The number of nitrogens with one attached hydrogen (secondary N) is 1. The van der Waals surface area contributed by atoms with Crippen LogP contribution in [0.2, 0.25) is 0 Å². The molecule has 2 heteroatoms. The topological polar surface area (TPSA) is 15.3 Å². The van der Waals surface area contributed by atoms with Crippen LogP contribution in [0.5, 0.6) is 0 Å². The van der Waals surface area contributed by atoms with Gasteiger partial charge in [0.25, 0.3) is 0 Å². The summed E-state index contributed by atoms with van der Waals surface area (Å²) in [6.45, 7) is 8.08. The quantitative estimate of drug-likeness (QED) is 0.684. The van der Waals surface area contributed by atoms with Gasteiger partial charge < -0.3 is 5.32 Å². The maximum atomic E-state index is 3.59. The number of hydrogen-bond acceptors (Lipinski definition) is 2. The van der Waals surface area contributed by atoms with E-state index in [0.29, 0.717) is 6.04 Å². The van der Waals surface area contributed by atoms with Crippen molar-refractivity contribution < 1.29 is 0 Å². The van der Waals surface area contributed by atoms with E-state index in [1.54, 1.807) is 0 Å². The molecule has 19 heavy (non-hydrogen) atoms. The molecule has 1 aromatic carbocycles. The summed E-state index contributed by atoms with van der Waals surface area (Å²) >= 11 is 0. The van der Waals surface area contributed by atoms with Gasteiger partial charge in [-0.2, -0.15) is 0 Å². The molecule has 0 unspecified atom stereocenters. The van der Waals surface area contributed by atoms with E-state index in [1.165, 1.54) is 44.3 Å². The van der Waals surface area contributed by atoms with Gasteiger partial charge in [0.1, 0.15) is 0 Å². The number of rotatable bonds is 9. The van der Waals surface area contributed by atoms with E-state index in [9.17, 15) is 0 Å². The lowest BCUT2D eigenvalue weighted by Gasteiger charge is -2.26. The molecule has 1 aromatic rings.